The van der Waals surface area contributed by atoms with E-state index in [1.165, 1.54) is 6.08 Å². The Kier molecular flexibility index (Phi) is 4.62. The Morgan fingerprint density at radius 3 is 2.83 bits per heavy atom. The van der Waals surface area contributed by atoms with Crippen molar-refractivity contribution >= 4 is 23.1 Å². The average molecular weight is 346 g/mol. The second-order valence-electron chi connectivity index (χ2n) is 5.21. The molecule has 5 nitrogen and oxygen atoms in total. The van der Waals surface area contributed by atoms with Gasteiger partial charge in [0.15, 0.2) is 17.3 Å². The maximum Gasteiger partial charge on any atom is 0.231 e. The lowest BCUT2D eigenvalue weighted by atomic mass is 10.1. The van der Waals surface area contributed by atoms with Gasteiger partial charge in [-0.05, 0) is 36.8 Å². The summed E-state index contributed by atoms with van der Waals surface area (Å²) >= 11 is 6.07. The Hall–Kier alpha value is -2.66. The van der Waals surface area contributed by atoms with Crippen LogP contribution in [-0.4, -0.2) is 19.7 Å². The molecule has 0 bridgehead atoms. The highest BCUT2D eigenvalue weighted by atomic mass is 35.5. The number of ether oxygens (including phenoxy) is 3. The first-order valence-corrected chi connectivity index (χ1v) is 7.67. The molecule has 0 radical (unpaired) electrons. The van der Waals surface area contributed by atoms with Crippen LogP contribution in [0.15, 0.2) is 42.6 Å². The molecule has 0 atom stereocenters. The molecule has 0 saturated carbocycles. The van der Waals surface area contributed by atoms with Crippen LogP contribution in [-0.2, 0) is 0 Å². The van der Waals surface area contributed by atoms with Gasteiger partial charge in [0.1, 0.15) is 5.75 Å². The number of halogens is 1. The van der Waals surface area contributed by atoms with E-state index in [9.17, 15) is 4.79 Å². The molecule has 1 heterocycles. The summed E-state index contributed by atoms with van der Waals surface area (Å²) in [4.78, 5) is 12.2. The number of fused-ring (bicyclic) bond motifs is 1. The molecule has 1 N–H and O–H groups in total. The fourth-order valence-corrected chi connectivity index (χ4v) is 2.45. The van der Waals surface area contributed by atoms with Gasteiger partial charge in [0.05, 0.1) is 12.8 Å². The molecule has 0 saturated heterocycles. The zero-order valence-electron chi connectivity index (χ0n) is 13.3. The Balaban J connectivity index is 1.72. The van der Waals surface area contributed by atoms with Crippen molar-refractivity contribution in [3.63, 3.8) is 0 Å². The largest absolute Gasteiger partial charge is 0.495 e. The number of methoxy groups -OCH3 is 1. The average Bonchev–Trinajstić information content (AvgIpc) is 3.05. The molecule has 0 aromatic heterocycles. The summed E-state index contributed by atoms with van der Waals surface area (Å²) in [5.74, 6) is 1.68. The molecule has 2 aromatic rings. The van der Waals surface area contributed by atoms with Crippen LogP contribution in [0, 0.1) is 6.92 Å². The third-order valence-electron chi connectivity index (χ3n) is 3.61. The lowest BCUT2D eigenvalue weighted by Gasteiger charge is -2.10. The minimum absolute atomic E-state index is 0.148. The summed E-state index contributed by atoms with van der Waals surface area (Å²) in [5, 5.41) is 3.67. The molecule has 124 valence electrons. The number of hydrogen-bond donors (Lipinski definition) is 1. The van der Waals surface area contributed by atoms with Crippen molar-refractivity contribution in [2.24, 2.45) is 0 Å². The minimum atomic E-state index is -0.148. The number of rotatable bonds is 5. The standard InChI is InChI=1S/C18H16ClNO4/c1-11-7-14(17(22-2)9-13(11)19)20-6-5-15(21)12-3-4-16-18(8-12)24-10-23-16/h3-9,20H,10H2,1-2H3/b6-5+. The minimum Gasteiger partial charge on any atom is -0.495 e. The monoisotopic (exact) mass is 345 g/mol. The maximum absolute atomic E-state index is 12.2. The lowest BCUT2D eigenvalue weighted by molar-refractivity contribution is 0.104. The molecule has 0 amide bonds. The predicted molar refractivity (Wildman–Crippen MR) is 92.4 cm³/mol. The number of anilines is 1. The number of aryl methyl sites for hydroxylation is 1. The van der Waals surface area contributed by atoms with Crippen LogP contribution in [0.25, 0.3) is 0 Å². The highest BCUT2D eigenvalue weighted by Gasteiger charge is 2.15. The van der Waals surface area contributed by atoms with Gasteiger partial charge < -0.3 is 19.5 Å². The van der Waals surface area contributed by atoms with E-state index in [1.807, 2.05) is 13.0 Å². The van der Waals surface area contributed by atoms with E-state index in [4.69, 9.17) is 25.8 Å². The van der Waals surface area contributed by atoms with E-state index in [0.29, 0.717) is 27.8 Å². The van der Waals surface area contributed by atoms with Crippen molar-refractivity contribution in [2.45, 2.75) is 6.92 Å². The molecule has 24 heavy (non-hydrogen) atoms. The molecule has 0 spiro atoms. The van der Waals surface area contributed by atoms with Crippen molar-refractivity contribution in [1.29, 1.82) is 0 Å². The van der Waals surface area contributed by atoms with E-state index in [2.05, 4.69) is 5.32 Å². The number of hydrogen-bond acceptors (Lipinski definition) is 5. The van der Waals surface area contributed by atoms with E-state index in [1.54, 1.807) is 37.6 Å². The fraction of sp³-hybridized carbons (Fsp3) is 0.167. The highest BCUT2D eigenvalue weighted by Crippen LogP contribution is 2.33. The SMILES string of the molecule is COc1cc(Cl)c(C)cc1N/C=C/C(=O)c1ccc2c(c1)OCO2. The molecular weight excluding hydrogens is 330 g/mol. The highest BCUT2D eigenvalue weighted by molar-refractivity contribution is 6.31. The number of ketones is 1. The van der Waals surface area contributed by atoms with Crippen LogP contribution < -0.4 is 19.5 Å². The van der Waals surface area contributed by atoms with Gasteiger partial charge in [-0.3, -0.25) is 4.79 Å². The summed E-state index contributed by atoms with van der Waals surface area (Å²) in [5.41, 5.74) is 2.17. The maximum atomic E-state index is 12.2. The molecule has 6 heteroatoms. The van der Waals surface area contributed by atoms with Gasteiger partial charge in [-0.1, -0.05) is 11.6 Å². The second-order valence-corrected chi connectivity index (χ2v) is 5.62. The predicted octanol–water partition coefficient (Wildman–Crippen LogP) is 4.19. The number of benzene rings is 2. The van der Waals surface area contributed by atoms with Crippen molar-refractivity contribution in [3.8, 4) is 17.2 Å². The first-order chi connectivity index (χ1) is 11.6. The Labute approximate surface area is 144 Å². The Morgan fingerprint density at radius 1 is 1.25 bits per heavy atom. The smallest absolute Gasteiger partial charge is 0.231 e. The van der Waals surface area contributed by atoms with Crippen LogP contribution in [0.4, 0.5) is 5.69 Å². The third-order valence-corrected chi connectivity index (χ3v) is 4.02. The van der Waals surface area contributed by atoms with Gasteiger partial charge in [-0.25, -0.2) is 0 Å². The number of carbonyl (C=O) groups is 1. The van der Waals surface area contributed by atoms with Gasteiger partial charge in [0, 0.05) is 28.9 Å². The molecule has 3 rings (SSSR count). The van der Waals surface area contributed by atoms with Gasteiger partial charge in [0.25, 0.3) is 0 Å². The van der Waals surface area contributed by atoms with Crippen molar-refractivity contribution < 1.29 is 19.0 Å². The van der Waals surface area contributed by atoms with Crippen molar-refractivity contribution in [2.75, 3.05) is 19.2 Å². The molecule has 0 aliphatic carbocycles. The van der Waals surface area contributed by atoms with Crippen LogP contribution in [0.1, 0.15) is 15.9 Å². The second kappa shape index (κ2) is 6.84. The fourth-order valence-electron chi connectivity index (χ4n) is 2.30. The zero-order chi connectivity index (χ0) is 17.1. The normalized spacial score (nSPS) is 12.5. The Morgan fingerprint density at radius 2 is 2.04 bits per heavy atom. The summed E-state index contributed by atoms with van der Waals surface area (Å²) in [6, 6.07) is 8.68. The first-order valence-electron chi connectivity index (χ1n) is 7.29. The summed E-state index contributed by atoms with van der Waals surface area (Å²) in [7, 11) is 1.56. The van der Waals surface area contributed by atoms with Gasteiger partial charge >= 0.3 is 0 Å². The van der Waals surface area contributed by atoms with Gasteiger partial charge in [-0.15, -0.1) is 0 Å². The molecule has 0 fully saturated rings. The quantitative estimate of drug-likeness (QED) is 0.650. The van der Waals surface area contributed by atoms with Gasteiger partial charge in [0.2, 0.25) is 6.79 Å². The molecule has 1 aliphatic rings. The van der Waals surface area contributed by atoms with E-state index >= 15 is 0 Å². The van der Waals surface area contributed by atoms with Crippen LogP contribution in [0.3, 0.4) is 0 Å². The van der Waals surface area contributed by atoms with Crippen LogP contribution in [0.5, 0.6) is 17.2 Å². The van der Waals surface area contributed by atoms with Gasteiger partial charge in [-0.2, -0.15) is 0 Å². The number of carbonyl (C=O) groups excluding carboxylic acids is 1. The van der Waals surface area contributed by atoms with Crippen molar-refractivity contribution in [3.05, 3.63) is 58.8 Å². The van der Waals surface area contributed by atoms with E-state index < -0.39 is 0 Å². The zero-order valence-corrected chi connectivity index (χ0v) is 14.0. The van der Waals surface area contributed by atoms with Crippen LogP contribution in [0.2, 0.25) is 5.02 Å². The number of nitrogens with one attached hydrogen (secondary N) is 1. The topological polar surface area (TPSA) is 56.8 Å². The molecular formula is C18H16ClNO4. The summed E-state index contributed by atoms with van der Waals surface area (Å²) < 4.78 is 15.8. The molecule has 0 unspecified atom stereocenters. The number of allylic oxidation sites excluding steroid dienone is 1. The third kappa shape index (κ3) is 3.31. The lowest BCUT2D eigenvalue weighted by Crippen LogP contribution is -1.98. The van der Waals surface area contributed by atoms with Crippen molar-refractivity contribution in [1.82, 2.24) is 0 Å². The van der Waals surface area contributed by atoms with Crippen LogP contribution >= 0.6 is 11.6 Å². The van der Waals surface area contributed by atoms with E-state index in [-0.39, 0.29) is 12.6 Å². The summed E-state index contributed by atoms with van der Waals surface area (Å²) in [6.07, 6.45) is 3.01. The Bertz CT molecular complexity index is 817. The molecule has 2 aromatic carbocycles. The molecule has 1 aliphatic heterocycles. The summed E-state index contributed by atoms with van der Waals surface area (Å²) in [6.45, 7) is 2.08. The van der Waals surface area contributed by atoms with E-state index in [0.717, 1.165) is 11.3 Å². The first kappa shape index (κ1) is 16.2.